The molecule has 0 radical (unpaired) electrons. The zero-order valence-corrected chi connectivity index (χ0v) is 12.0. The number of urea groups is 1. The first-order chi connectivity index (χ1) is 9.78. The number of rotatable bonds is 7. The van der Waals surface area contributed by atoms with Gasteiger partial charge in [-0.25, -0.2) is 23.1 Å². The highest BCUT2D eigenvalue weighted by molar-refractivity contribution is 7.89. The Bertz CT molecular complexity index is 615. The lowest BCUT2D eigenvalue weighted by molar-refractivity contribution is 0.0696. The standard InChI is InChI=1S/C12H17N3O5S/c13-21(19,20)7-6-15-12(18)14-5-4-9-2-1-3-10(8-9)11(16)17/h1-3,8H,4-7H2,(H,16,17)(H2,13,19,20)(H2,14,15,18). The molecule has 0 saturated heterocycles. The smallest absolute Gasteiger partial charge is 0.335 e. The Morgan fingerprint density at radius 1 is 1.19 bits per heavy atom. The van der Waals surface area contributed by atoms with Crippen LogP contribution < -0.4 is 15.8 Å². The molecule has 9 heteroatoms. The van der Waals surface area contributed by atoms with E-state index in [1.807, 2.05) is 0 Å². The molecule has 0 fully saturated rings. The minimum absolute atomic E-state index is 0.0703. The summed E-state index contributed by atoms with van der Waals surface area (Å²) in [5.74, 6) is -1.34. The number of nitrogens with one attached hydrogen (secondary N) is 2. The summed E-state index contributed by atoms with van der Waals surface area (Å²) in [6.45, 7) is 0.226. The van der Waals surface area contributed by atoms with Crippen molar-refractivity contribution in [1.29, 1.82) is 0 Å². The van der Waals surface area contributed by atoms with E-state index in [0.29, 0.717) is 13.0 Å². The predicted octanol–water partition coefficient (Wildman–Crippen LogP) is -0.485. The molecule has 0 aromatic heterocycles. The van der Waals surface area contributed by atoms with Gasteiger partial charge in [0.15, 0.2) is 0 Å². The van der Waals surface area contributed by atoms with Gasteiger partial charge in [0.05, 0.1) is 11.3 Å². The van der Waals surface area contributed by atoms with Crippen molar-refractivity contribution in [2.24, 2.45) is 5.14 Å². The van der Waals surface area contributed by atoms with Crippen LogP contribution in [0.15, 0.2) is 24.3 Å². The molecule has 116 valence electrons. The number of carbonyl (C=O) groups excluding carboxylic acids is 1. The van der Waals surface area contributed by atoms with Crippen LogP contribution in [0.4, 0.5) is 4.79 Å². The van der Waals surface area contributed by atoms with Crippen LogP contribution in [-0.2, 0) is 16.4 Å². The molecule has 2 amide bonds. The number of carbonyl (C=O) groups is 2. The summed E-state index contributed by atoms with van der Waals surface area (Å²) in [6.07, 6.45) is 0.462. The van der Waals surface area contributed by atoms with Gasteiger partial charge in [0.2, 0.25) is 10.0 Å². The number of primary sulfonamides is 1. The van der Waals surface area contributed by atoms with Crippen molar-refractivity contribution in [2.75, 3.05) is 18.8 Å². The number of carboxylic acids is 1. The number of nitrogens with two attached hydrogens (primary N) is 1. The molecule has 0 aliphatic heterocycles. The Morgan fingerprint density at radius 3 is 2.48 bits per heavy atom. The fourth-order valence-corrected chi connectivity index (χ4v) is 1.94. The summed E-state index contributed by atoms with van der Waals surface area (Å²) in [6, 6.07) is 5.90. The summed E-state index contributed by atoms with van der Waals surface area (Å²) < 4.78 is 21.3. The van der Waals surface area contributed by atoms with Crippen LogP contribution >= 0.6 is 0 Å². The van der Waals surface area contributed by atoms with Crippen molar-refractivity contribution < 1.29 is 23.1 Å². The molecule has 0 heterocycles. The maximum Gasteiger partial charge on any atom is 0.335 e. The molecule has 0 aliphatic rings. The predicted molar refractivity (Wildman–Crippen MR) is 76.5 cm³/mol. The average Bonchev–Trinajstić information content (AvgIpc) is 2.37. The van der Waals surface area contributed by atoms with Gasteiger partial charge >= 0.3 is 12.0 Å². The summed E-state index contributed by atoms with van der Waals surface area (Å²) in [4.78, 5) is 22.1. The van der Waals surface area contributed by atoms with Gasteiger partial charge in [0.1, 0.15) is 0 Å². The summed E-state index contributed by atoms with van der Waals surface area (Å²) in [5.41, 5.74) is 0.963. The monoisotopic (exact) mass is 315 g/mol. The van der Waals surface area contributed by atoms with Crippen LogP contribution in [0.3, 0.4) is 0 Å². The van der Waals surface area contributed by atoms with E-state index in [1.165, 1.54) is 12.1 Å². The van der Waals surface area contributed by atoms with Gasteiger partial charge in [0.25, 0.3) is 0 Å². The zero-order valence-electron chi connectivity index (χ0n) is 11.2. The van der Waals surface area contributed by atoms with Crippen LogP contribution in [0, 0.1) is 0 Å². The molecule has 0 bridgehead atoms. The highest BCUT2D eigenvalue weighted by atomic mass is 32.2. The van der Waals surface area contributed by atoms with E-state index in [0.717, 1.165) is 5.56 Å². The minimum atomic E-state index is -3.59. The van der Waals surface area contributed by atoms with Gasteiger partial charge in [-0.15, -0.1) is 0 Å². The van der Waals surface area contributed by atoms with Gasteiger partial charge in [-0.1, -0.05) is 12.1 Å². The van der Waals surface area contributed by atoms with E-state index < -0.39 is 22.0 Å². The van der Waals surface area contributed by atoms with Crippen molar-refractivity contribution in [3.8, 4) is 0 Å². The second kappa shape index (κ2) is 7.60. The molecule has 0 aliphatic carbocycles. The van der Waals surface area contributed by atoms with Crippen LogP contribution in [0.1, 0.15) is 15.9 Å². The number of amides is 2. The first-order valence-corrected chi connectivity index (χ1v) is 7.84. The minimum Gasteiger partial charge on any atom is -0.478 e. The summed E-state index contributed by atoms with van der Waals surface area (Å²) in [5, 5.41) is 18.5. The molecule has 0 unspecified atom stereocenters. The Morgan fingerprint density at radius 2 is 1.86 bits per heavy atom. The number of aromatic carboxylic acids is 1. The Kier molecular flexibility index (Phi) is 6.12. The van der Waals surface area contributed by atoms with E-state index >= 15 is 0 Å². The first-order valence-electron chi connectivity index (χ1n) is 6.12. The van der Waals surface area contributed by atoms with Crippen molar-refractivity contribution in [3.05, 3.63) is 35.4 Å². The molecule has 8 nitrogen and oxygen atoms in total. The molecule has 0 spiro atoms. The summed E-state index contributed by atoms with van der Waals surface area (Å²) in [7, 11) is -3.59. The lowest BCUT2D eigenvalue weighted by atomic mass is 10.1. The molecule has 1 aromatic rings. The van der Waals surface area contributed by atoms with Crippen molar-refractivity contribution in [2.45, 2.75) is 6.42 Å². The van der Waals surface area contributed by atoms with E-state index in [2.05, 4.69) is 10.6 Å². The normalized spacial score (nSPS) is 10.9. The van der Waals surface area contributed by atoms with E-state index in [4.69, 9.17) is 10.2 Å². The fourth-order valence-electron chi connectivity index (χ4n) is 1.55. The number of sulfonamides is 1. The molecule has 0 atom stereocenters. The van der Waals surface area contributed by atoms with Crippen LogP contribution in [-0.4, -0.2) is 44.4 Å². The highest BCUT2D eigenvalue weighted by Gasteiger charge is 2.06. The average molecular weight is 315 g/mol. The number of benzene rings is 1. The van der Waals surface area contributed by atoms with Crippen LogP contribution in [0.2, 0.25) is 0 Å². The lowest BCUT2D eigenvalue weighted by Gasteiger charge is -2.07. The number of carboxylic acid groups (broad SMARTS) is 1. The molecule has 1 aromatic carbocycles. The van der Waals surface area contributed by atoms with Crippen LogP contribution in [0.5, 0.6) is 0 Å². The van der Waals surface area contributed by atoms with Gasteiger partial charge in [-0.05, 0) is 24.1 Å². The molecule has 0 saturated carbocycles. The van der Waals surface area contributed by atoms with Gasteiger partial charge in [-0.3, -0.25) is 0 Å². The zero-order chi connectivity index (χ0) is 15.9. The fraction of sp³-hybridized carbons (Fsp3) is 0.333. The van der Waals surface area contributed by atoms with E-state index in [-0.39, 0.29) is 17.9 Å². The second-order valence-corrected chi connectivity index (χ2v) is 6.04. The Labute approximate surface area is 122 Å². The van der Waals surface area contributed by atoms with Crippen molar-refractivity contribution in [3.63, 3.8) is 0 Å². The molecule has 1 rings (SSSR count). The molecular formula is C12H17N3O5S. The third-order valence-electron chi connectivity index (χ3n) is 2.55. The SMILES string of the molecule is NS(=O)(=O)CCNC(=O)NCCc1cccc(C(=O)O)c1. The van der Waals surface area contributed by atoms with Gasteiger partial charge in [0, 0.05) is 13.1 Å². The first kappa shape index (κ1) is 16.9. The Hall–Kier alpha value is -2.13. The molecule has 21 heavy (non-hydrogen) atoms. The maximum atomic E-state index is 11.3. The van der Waals surface area contributed by atoms with Crippen LogP contribution in [0.25, 0.3) is 0 Å². The highest BCUT2D eigenvalue weighted by Crippen LogP contribution is 2.05. The summed E-state index contributed by atoms with van der Waals surface area (Å²) >= 11 is 0. The van der Waals surface area contributed by atoms with Crippen molar-refractivity contribution in [1.82, 2.24) is 10.6 Å². The largest absolute Gasteiger partial charge is 0.478 e. The second-order valence-electron chi connectivity index (χ2n) is 4.31. The quantitative estimate of drug-likeness (QED) is 0.538. The molecule has 5 N–H and O–H groups in total. The third kappa shape index (κ3) is 7.28. The maximum absolute atomic E-state index is 11.3. The topological polar surface area (TPSA) is 139 Å². The number of hydrogen-bond donors (Lipinski definition) is 4. The Balaban J connectivity index is 2.31. The third-order valence-corrected chi connectivity index (χ3v) is 3.32. The van der Waals surface area contributed by atoms with Gasteiger partial charge in [-0.2, -0.15) is 0 Å². The lowest BCUT2D eigenvalue weighted by Crippen LogP contribution is -2.39. The number of hydrogen-bond acceptors (Lipinski definition) is 4. The van der Waals surface area contributed by atoms with E-state index in [1.54, 1.807) is 12.1 Å². The molecular weight excluding hydrogens is 298 g/mol. The van der Waals surface area contributed by atoms with Crippen molar-refractivity contribution >= 4 is 22.0 Å². The van der Waals surface area contributed by atoms with E-state index in [9.17, 15) is 18.0 Å². The van der Waals surface area contributed by atoms with Gasteiger partial charge < -0.3 is 15.7 Å².